The van der Waals surface area contributed by atoms with Crippen LogP contribution in [0.3, 0.4) is 0 Å². The number of rotatable bonds is 9. The molecule has 1 N–H and O–H groups in total. The molecule has 1 saturated heterocycles. The van der Waals surface area contributed by atoms with Crippen LogP contribution in [0.25, 0.3) is 0 Å². The summed E-state index contributed by atoms with van der Waals surface area (Å²) in [6, 6.07) is 3.84. The largest absolute Gasteiger partial charge is 0.469 e. The molecule has 1 amide bonds. The quantitative estimate of drug-likeness (QED) is 0.231. The van der Waals surface area contributed by atoms with Crippen LogP contribution in [0.1, 0.15) is 19.1 Å². The van der Waals surface area contributed by atoms with E-state index in [2.05, 4.69) is 10.4 Å². The Balaban J connectivity index is 0.00000320. The number of aliphatic imine (C=N–C) groups is 1. The molecule has 30 heavy (non-hydrogen) atoms. The first kappa shape index (κ1) is 24.2. The number of nitrogens with zero attached hydrogens (tertiary/aromatic N) is 5. The Morgan fingerprint density at radius 3 is 2.93 bits per heavy atom. The lowest BCUT2D eigenvalue weighted by atomic mass is 10.3. The number of hydrogen-bond acceptors (Lipinski definition) is 5. The van der Waals surface area contributed by atoms with Crippen LogP contribution in [0, 0.1) is 0 Å². The Morgan fingerprint density at radius 1 is 1.40 bits per heavy atom. The van der Waals surface area contributed by atoms with Gasteiger partial charge in [0.25, 0.3) is 0 Å². The van der Waals surface area contributed by atoms with E-state index in [0.717, 1.165) is 30.2 Å². The molecule has 1 fully saturated rings. The fourth-order valence-corrected chi connectivity index (χ4v) is 3.19. The number of aryl methyl sites for hydroxylation is 1. The van der Waals surface area contributed by atoms with Gasteiger partial charge in [-0.05, 0) is 25.5 Å². The Labute approximate surface area is 194 Å². The second-order valence-electron chi connectivity index (χ2n) is 6.85. The van der Waals surface area contributed by atoms with Gasteiger partial charge < -0.3 is 24.3 Å². The highest BCUT2D eigenvalue weighted by Crippen LogP contribution is 2.16. The molecule has 0 spiro atoms. The van der Waals surface area contributed by atoms with E-state index in [1.54, 1.807) is 22.0 Å². The number of nitrogens with one attached hydrogen (secondary N) is 1. The Morgan fingerprint density at radius 2 is 2.27 bits per heavy atom. The van der Waals surface area contributed by atoms with Crippen molar-refractivity contribution >= 4 is 41.5 Å². The van der Waals surface area contributed by atoms with Crippen molar-refractivity contribution in [3.05, 3.63) is 36.5 Å². The second kappa shape index (κ2) is 12.6. The number of hydrogen-bond donors (Lipinski definition) is 1. The fraction of sp³-hybridized carbons (Fsp3) is 0.550. The van der Waals surface area contributed by atoms with E-state index in [1.807, 2.05) is 37.2 Å². The third kappa shape index (κ3) is 7.01. The molecule has 1 aliphatic rings. The highest BCUT2D eigenvalue weighted by Gasteiger charge is 2.27. The molecular weight excluding hydrogens is 499 g/mol. The van der Waals surface area contributed by atoms with Crippen LogP contribution < -0.4 is 10.2 Å². The number of guanidine groups is 1. The van der Waals surface area contributed by atoms with E-state index in [-0.39, 0.29) is 36.4 Å². The van der Waals surface area contributed by atoms with Gasteiger partial charge in [0.15, 0.2) is 5.96 Å². The Kier molecular flexibility index (Phi) is 10.1. The van der Waals surface area contributed by atoms with Crippen LogP contribution >= 0.6 is 24.0 Å². The minimum atomic E-state index is 0. The third-order valence-electron chi connectivity index (χ3n) is 4.67. The first-order valence-electron chi connectivity index (χ1n) is 10.1. The van der Waals surface area contributed by atoms with Crippen LogP contribution in [0.2, 0.25) is 0 Å². The summed E-state index contributed by atoms with van der Waals surface area (Å²) in [4.78, 5) is 21.2. The van der Waals surface area contributed by atoms with E-state index in [0.29, 0.717) is 39.4 Å². The van der Waals surface area contributed by atoms with Gasteiger partial charge in [0.1, 0.15) is 12.3 Å². The van der Waals surface area contributed by atoms with E-state index < -0.39 is 0 Å². The molecule has 3 heterocycles. The highest BCUT2D eigenvalue weighted by molar-refractivity contribution is 14.0. The first-order chi connectivity index (χ1) is 14.2. The van der Waals surface area contributed by atoms with Crippen LogP contribution in [0.4, 0.5) is 5.69 Å². The zero-order valence-electron chi connectivity index (χ0n) is 17.6. The predicted octanol–water partition coefficient (Wildman–Crippen LogP) is 1.89. The number of amides is 1. The zero-order chi connectivity index (χ0) is 20.5. The third-order valence-corrected chi connectivity index (χ3v) is 4.67. The Bertz CT molecular complexity index is 792. The van der Waals surface area contributed by atoms with Gasteiger partial charge >= 0.3 is 0 Å². The summed E-state index contributed by atoms with van der Waals surface area (Å²) in [6.07, 6.45) is 6.86. The van der Waals surface area contributed by atoms with Crippen molar-refractivity contribution in [3.8, 4) is 0 Å². The number of carbonyl (C=O) groups excluding carboxylic acids is 1. The molecule has 2 aromatic heterocycles. The topological polar surface area (TPSA) is 88.1 Å². The Hall–Kier alpha value is -2.08. The molecule has 3 rings (SSSR count). The SMILES string of the molecule is CCOCCCN=C(NCCc1ccco1)N1CCN(c2cnn(C)c2)C(=O)C1.I. The lowest BCUT2D eigenvalue weighted by Crippen LogP contribution is -2.55. The van der Waals surface area contributed by atoms with Crippen molar-refractivity contribution in [2.75, 3.05) is 50.8 Å². The maximum atomic E-state index is 12.7. The monoisotopic (exact) mass is 530 g/mol. The number of ether oxygens (including phenoxy) is 1. The van der Waals surface area contributed by atoms with Gasteiger partial charge in [0, 0.05) is 59.1 Å². The molecule has 0 aromatic carbocycles. The van der Waals surface area contributed by atoms with Crippen molar-refractivity contribution in [1.29, 1.82) is 0 Å². The maximum Gasteiger partial charge on any atom is 0.246 e. The summed E-state index contributed by atoms with van der Waals surface area (Å²) >= 11 is 0. The number of carbonyl (C=O) groups is 1. The molecular formula is C20H31IN6O3. The van der Waals surface area contributed by atoms with Crippen LogP contribution in [0.15, 0.2) is 40.2 Å². The van der Waals surface area contributed by atoms with E-state index >= 15 is 0 Å². The summed E-state index contributed by atoms with van der Waals surface area (Å²) in [7, 11) is 1.85. The van der Waals surface area contributed by atoms with Crippen molar-refractivity contribution < 1.29 is 13.9 Å². The average Bonchev–Trinajstić information content (AvgIpc) is 3.38. The average molecular weight is 530 g/mol. The molecule has 9 nitrogen and oxygen atoms in total. The summed E-state index contributed by atoms with van der Waals surface area (Å²) in [5, 5.41) is 7.55. The van der Waals surface area contributed by atoms with Gasteiger partial charge in [-0.2, -0.15) is 5.10 Å². The lowest BCUT2D eigenvalue weighted by molar-refractivity contribution is -0.120. The molecule has 1 aliphatic heterocycles. The molecule has 0 aliphatic carbocycles. The van der Waals surface area contributed by atoms with Gasteiger partial charge in [-0.25, -0.2) is 0 Å². The molecule has 166 valence electrons. The van der Waals surface area contributed by atoms with E-state index in [1.165, 1.54) is 0 Å². The van der Waals surface area contributed by atoms with Crippen molar-refractivity contribution in [2.45, 2.75) is 19.8 Å². The first-order valence-corrected chi connectivity index (χ1v) is 10.1. The molecule has 0 radical (unpaired) electrons. The number of anilines is 1. The van der Waals surface area contributed by atoms with E-state index in [4.69, 9.17) is 14.1 Å². The maximum absolute atomic E-state index is 12.7. The smallest absolute Gasteiger partial charge is 0.246 e. The van der Waals surface area contributed by atoms with Crippen molar-refractivity contribution in [3.63, 3.8) is 0 Å². The minimum Gasteiger partial charge on any atom is -0.469 e. The molecule has 0 atom stereocenters. The van der Waals surface area contributed by atoms with Gasteiger partial charge in [0.2, 0.25) is 5.91 Å². The van der Waals surface area contributed by atoms with E-state index in [9.17, 15) is 4.79 Å². The number of furan rings is 1. The van der Waals surface area contributed by atoms with Gasteiger partial charge in [-0.1, -0.05) is 0 Å². The summed E-state index contributed by atoms with van der Waals surface area (Å²) < 4.78 is 12.5. The van der Waals surface area contributed by atoms with Gasteiger partial charge in [-0.3, -0.25) is 14.5 Å². The fourth-order valence-electron chi connectivity index (χ4n) is 3.19. The number of halogens is 1. The van der Waals surface area contributed by atoms with Crippen LogP contribution in [-0.2, 0) is 23.0 Å². The second-order valence-corrected chi connectivity index (χ2v) is 6.85. The lowest BCUT2D eigenvalue weighted by Gasteiger charge is -2.35. The van der Waals surface area contributed by atoms with Gasteiger partial charge in [0.05, 0.1) is 18.1 Å². The summed E-state index contributed by atoms with van der Waals surface area (Å²) in [5.74, 6) is 1.72. The minimum absolute atomic E-state index is 0. The molecule has 0 bridgehead atoms. The summed E-state index contributed by atoms with van der Waals surface area (Å²) in [5.41, 5.74) is 0.832. The van der Waals surface area contributed by atoms with Crippen LogP contribution in [-0.4, -0.2) is 72.5 Å². The van der Waals surface area contributed by atoms with Crippen molar-refractivity contribution in [1.82, 2.24) is 20.0 Å². The normalized spacial score (nSPS) is 14.7. The zero-order valence-corrected chi connectivity index (χ0v) is 20.0. The highest BCUT2D eigenvalue weighted by atomic mass is 127. The number of aromatic nitrogens is 2. The predicted molar refractivity (Wildman–Crippen MR) is 126 cm³/mol. The molecule has 0 saturated carbocycles. The van der Waals surface area contributed by atoms with Gasteiger partial charge in [-0.15, -0.1) is 24.0 Å². The molecule has 2 aromatic rings. The summed E-state index contributed by atoms with van der Waals surface area (Å²) in [6.45, 7) is 6.32. The molecule has 10 heteroatoms. The van der Waals surface area contributed by atoms with Crippen molar-refractivity contribution in [2.24, 2.45) is 12.0 Å². The molecule has 0 unspecified atom stereocenters. The number of piperazine rings is 1. The van der Waals surface area contributed by atoms with Crippen LogP contribution in [0.5, 0.6) is 0 Å². The standard InChI is InChI=1S/C20H30N6O3.HI/c1-3-28-12-5-8-21-20(22-9-7-18-6-4-13-29-18)25-10-11-26(19(27)16-25)17-14-23-24(2)15-17;/h4,6,13-15H,3,5,7-12,16H2,1-2H3,(H,21,22);1H.